The van der Waals surface area contributed by atoms with E-state index >= 15 is 0 Å². The van der Waals surface area contributed by atoms with Crippen molar-refractivity contribution < 1.29 is 4.79 Å². The first-order chi connectivity index (χ1) is 5.64. The summed E-state index contributed by atoms with van der Waals surface area (Å²) in [6.45, 7) is 12.4. The van der Waals surface area contributed by atoms with E-state index in [0.29, 0.717) is 5.78 Å². The van der Waals surface area contributed by atoms with E-state index in [1.165, 1.54) is 5.57 Å². The summed E-state index contributed by atoms with van der Waals surface area (Å²) in [4.78, 5) is 11.8. The third-order valence-electron chi connectivity index (χ3n) is 2.46. The Labute approximate surface area is 81.2 Å². The first-order valence-corrected chi connectivity index (χ1v) is 4.90. The molecule has 0 radical (unpaired) electrons. The van der Waals surface area contributed by atoms with Crippen molar-refractivity contribution in [3.05, 3.63) is 11.6 Å². The van der Waals surface area contributed by atoms with Crippen molar-refractivity contribution in [2.45, 2.75) is 41.5 Å². The first-order valence-electron chi connectivity index (χ1n) is 4.90. The summed E-state index contributed by atoms with van der Waals surface area (Å²) in [6.07, 6.45) is 2.10. The molecule has 1 aliphatic rings. The molecule has 0 bridgehead atoms. The van der Waals surface area contributed by atoms with Crippen LogP contribution < -0.4 is 0 Å². The van der Waals surface area contributed by atoms with Crippen molar-refractivity contribution in [2.24, 2.45) is 16.7 Å². The Bertz CT molecular complexity index is 258. The topological polar surface area (TPSA) is 17.1 Å². The highest BCUT2D eigenvalue weighted by Gasteiger charge is 2.42. The third kappa shape index (κ3) is 2.20. The monoisotopic (exact) mass is 180 g/mol. The van der Waals surface area contributed by atoms with Gasteiger partial charge in [0, 0.05) is 5.41 Å². The number of hydrogen-bond donors (Lipinski definition) is 0. The van der Waals surface area contributed by atoms with Crippen LogP contribution in [0.5, 0.6) is 0 Å². The van der Waals surface area contributed by atoms with E-state index < -0.39 is 0 Å². The number of carbonyl (C=O) groups is 1. The van der Waals surface area contributed by atoms with Crippen LogP contribution in [0.3, 0.4) is 0 Å². The molecule has 0 N–H and O–H groups in total. The summed E-state index contributed by atoms with van der Waals surface area (Å²) in [5.41, 5.74) is 1.28. The number of carbonyl (C=O) groups excluding carboxylic acids is 1. The fourth-order valence-corrected chi connectivity index (χ4v) is 1.53. The molecule has 0 aliphatic heterocycles. The zero-order valence-corrected chi connectivity index (χ0v) is 9.56. The van der Waals surface area contributed by atoms with Crippen LogP contribution >= 0.6 is 0 Å². The third-order valence-corrected chi connectivity index (χ3v) is 2.46. The Balaban J connectivity index is 2.61. The molecule has 0 saturated heterocycles. The van der Waals surface area contributed by atoms with E-state index in [1.54, 1.807) is 0 Å². The summed E-state index contributed by atoms with van der Waals surface area (Å²) in [5, 5.41) is 0. The molecule has 0 aromatic carbocycles. The zero-order valence-electron chi connectivity index (χ0n) is 9.56. The van der Waals surface area contributed by atoms with Crippen LogP contribution in [0.4, 0.5) is 0 Å². The number of hydrogen-bond acceptors (Lipinski definition) is 1. The molecule has 0 heterocycles. The molecule has 1 nitrogen and oxygen atoms in total. The second-order valence-corrected chi connectivity index (χ2v) is 5.96. The van der Waals surface area contributed by atoms with Crippen molar-refractivity contribution in [1.29, 1.82) is 0 Å². The molecule has 1 atom stereocenters. The highest BCUT2D eigenvalue weighted by Crippen LogP contribution is 2.46. The molecule has 1 unspecified atom stereocenters. The Hall–Kier alpha value is -0.590. The maximum Gasteiger partial charge on any atom is 0.149 e. The minimum absolute atomic E-state index is 0.139. The van der Waals surface area contributed by atoms with E-state index in [2.05, 4.69) is 26.8 Å². The molecule has 0 spiro atoms. The predicted molar refractivity (Wildman–Crippen MR) is 55.5 cm³/mol. The fourth-order valence-electron chi connectivity index (χ4n) is 1.53. The van der Waals surface area contributed by atoms with E-state index in [4.69, 9.17) is 0 Å². The van der Waals surface area contributed by atoms with Crippen molar-refractivity contribution >= 4 is 5.78 Å². The molecular weight excluding hydrogens is 160 g/mol. The first kappa shape index (κ1) is 10.5. The van der Waals surface area contributed by atoms with Gasteiger partial charge in [-0.1, -0.05) is 53.2 Å². The predicted octanol–water partition coefficient (Wildman–Crippen LogP) is 3.20. The largest absolute Gasteiger partial charge is 0.298 e. The Morgan fingerprint density at radius 3 is 1.85 bits per heavy atom. The van der Waals surface area contributed by atoms with Gasteiger partial charge in [0.05, 0.1) is 5.92 Å². The average molecular weight is 180 g/mol. The molecule has 0 aromatic heterocycles. The van der Waals surface area contributed by atoms with E-state index in [9.17, 15) is 4.79 Å². The Kier molecular flexibility index (Phi) is 2.18. The zero-order chi connectivity index (χ0) is 10.4. The molecule has 0 aromatic rings. The lowest BCUT2D eigenvalue weighted by Crippen LogP contribution is -2.24. The molecule has 13 heavy (non-hydrogen) atoms. The smallest absolute Gasteiger partial charge is 0.149 e. The van der Waals surface area contributed by atoms with Crippen LogP contribution in [0.1, 0.15) is 41.5 Å². The van der Waals surface area contributed by atoms with E-state index in [1.807, 2.05) is 20.8 Å². The molecule has 1 rings (SSSR count). The second-order valence-electron chi connectivity index (χ2n) is 5.96. The molecule has 1 aliphatic carbocycles. The normalized spacial score (nSPS) is 22.6. The number of ketones is 1. The molecule has 74 valence electrons. The quantitative estimate of drug-likeness (QED) is 0.566. The van der Waals surface area contributed by atoms with Crippen LogP contribution in [-0.2, 0) is 4.79 Å². The van der Waals surface area contributed by atoms with Crippen LogP contribution in [0, 0.1) is 16.7 Å². The van der Waals surface area contributed by atoms with Gasteiger partial charge in [-0.3, -0.25) is 4.79 Å². The second kappa shape index (κ2) is 2.70. The van der Waals surface area contributed by atoms with Crippen LogP contribution in [0.25, 0.3) is 0 Å². The van der Waals surface area contributed by atoms with Crippen LogP contribution in [0.2, 0.25) is 0 Å². The Morgan fingerprint density at radius 2 is 1.62 bits per heavy atom. The molecule has 1 heteroatoms. The average Bonchev–Trinajstić information content (AvgIpc) is 2.58. The molecule has 0 saturated carbocycles. The highest BCUT2D eigenvalue weighted by molar-refractivity contribution is 5.94. The summed E-state index contributed by atoms with van der Waals surface area (Å²) in [6, 6.07) is 0. The number of rotatable bonds is 1. The highest BCUT2D eigenvalue weighted by atomic mass is 16.1. The number of Topliss-reactive ketones (excluding diaryl/α,β-unsaturated/α-hetero) is 1. The van der Waals surface area contributed by atoms with Gasteiger partial charge < -0.3 is 0 Å². The van der Waals surface area contributed by atoms with Gasteiger partial charge in [0.2, 0.25) is 0 Å². The lowest BCUT2D eigenvalue weighted by atomic mass is 9.82. The summed E-state index contributed by atoms with van der Waals surface area (Å²) >= 11 is 0. The van der Waals surface area contributed by atoms with Gasteiger partial charge in [0.25, 0.3) is 0 Å². The van der Waals surface area contributed by atoms with E-state index in [-0.39, 0.29) is 16.7 Å². The van der Waals surface area contributed by atoms with Crippen molar-refractivity contribution in [2.75, 3.05) is 0 Å². The lowest BCUT2D eigenvalue weighted by Gasteiger charge is -2.20. The maximum atomic E-state index is 11.8. The van der Waals surface area contributed by atoms with Gasteiger partial charge in [0.15, 0.2) is 0 Å². The van der Waals surface area contributed by atoms with Crippen molar-refractivity contribution in [3.63, 3.8) is 0 Å². The molecule has 0 fully saturated rings. The SMILES string of the molecule is CC(C)(C)C(=O)C1C=C1C(C)(C)C. The maximum absolute atomic E-state index is 11.8. The van der Waals surface area contributed by atoms with Crippen LogP contribution in [0.15, 0.2) is 11.6 Å². The van der Waals surface area contributed by atoms with Gasteiger partial charge in [-0.25, -0.2) is 0 Å². The van der Waals surface area contributed by atoms with Gasteiger partial charge in [-0.05, 0) is 5.41 Å². The number of allylic oxidation sites excluding steroid dienone is 2. The Morgan fingerprint density at radius 1 is 1.15 bits per heavy atom. The van der Waals surface area contributed by atoms with Gasteiger partial charge >= 0.3 is 0 Å². The lowest BCUT2D eigenvalue weighted by molar-refractivity contribution is -0.127. The van der Waals surface area contributed by atoms with Crippen molar-refractivity contribution in [3.8, 4) is 0 Å². The molecular formula is C12H20O. The van der Waals surface area contributed by atoms with Crippen LogP contribution in [-0.4, -0.2) is 5.78 Å². The molecule has 0 amide bonds. The van der Waals surface area contributed by atoms with Gasteiger partial charge in [-0.2, -0.15) is 0 Å². The van der Waals surface area contributed by atoms with Gasteiger partial charge in [-0.15, -0.1) is 0 Å². The fraction of sp³-hybridized carbons (Fsp3) is 0.750. The summed E-state index contributed by atoms with van der Waals surface area (Å²) in [7, 11) is 0. The summed E-state index contributed by atoms with van der Waals surface area (Å²) < 4.78 is 0. The summed E-state index contributed by atoms with van der Waals surface area (Å²) in [5.74, 6) is 0.498. The van der Waals surface area contributed by atoms with E-state index in [0.717, 1.165) is 0 Å². The minimum Gasteiger partial charge on any atom is -0.298 e. The van der Waals surface area contributed by atoms with Crippen molar-refractivity contribution in [1.82, 2.24) is 0 Å². The van der Waals surface area contributed by atoms with Gasteiger partial charge in [0.1, 0.15) is 5.78 Å². The minimum atomic E-state index is -0.200. The standard InChI is InChI=1S/C12H20O/c1-11(2,3)9-7-8(9)10(13)12(4,5)6/h7-8H,1-6H3.